The molecule has 1 aliphatic carbocycles. The van der Waals surface area contributed by atoms with Crippen molar-refractivity contribution in [3.63, 3.8) is 0 Å². The van der Waals surface area contributed by atoms with E-state index in [1.54, 1.807) is 0 Å². The first-order chi connectivity index (χ1) is 14.7. The number of fused-ring (bicyclic) bond motifs is 1. The number of hydrogen-bond acceptors (Lipinski definition) is 4. The molecule has 5 rings (SSSR count). The minimum absolute atomic E-state index is 0.0207. The Balaban J connectivity index is 1.64. The highest BCUT2D eigenvalue weighted by Gasteiger charge is 2.36. The van der Waals surface area contributed by atoms with Crippen molar-refractivity contribution in [2.24, 2.45) is 0 Å². The van der Waals surface area contributed by atoms with E-state index in [0.29, 0.717) is 6.04 Å². The third kappa shape index (κ3) is 3.67. The number of aryl methyl sites for hydroxylation is 1. The zero-order valence-electron chi connectivity index (χ0n) is 17.7. The summed E-state index contributed by atoms with van der Waals surface area (Å²) in [5, 5.41) is 14.1. The van der Waals surface area contributed by atoms with E-state index in [1.807, 2.05) is 16.8 Å². The number of nitrogens with zero attached hydrogens (tertiary/aromatic N) is 4. The number of hydrogen-bond donors (Lipinski definition) is 2. The van der Waals surface area contributed by atoms with Gasteiger partial charge in [-0.05, 0) is 73.0 Å². The summed E-state index contributed by atoms with van der Waals surface area (Å²) in [6.45, 7) is 4.18. The van der Waals surface area contributed by atoms with Gasteiger partial charge < -0.3 is 9.88 Å². The number of rotatable bonds is 4. The number of aromatic amines is 1. The quantitative estimate of drug-likeness (QED) is 0.696. The Kier molecular flexibility index (Phi) is 5.37. The first kappa shape index (κ1) is 19.4. The van der Waals surface area contributed by atoms with E-state index in [-0.39, 0.29) is 11.6 Å². The third-order valence-electron chi connectivity index (χ3n) is 6.94. The molecule has 0 unspecified atom stereocenters. The first-order valence-electron chi connectivity index (χ1n) is 11.5. The summed E-state index contributed by atoms with van der Waals surface area (Å²) in [6, 6.07) is 8.46. The predicted octanol–water partition coefficient (Wildman–Crippen LogP) is 2.49. The number of tetrazole rings is 1. The lowest BCUT2D eigenvalue weighted by Gasteiger charge is -2.32. The molecule has 0 bridgehead atoms. The maximum Gasteiger partial charge on any atom is 0.258 e. The molecule has 7 heteroatoms. The number of nitrogens with one attached hydrogen (secondary N) is 2. The number of likely N-dealkylation sites (tertiary alicyclic amines) is 1. The van der Waals surface area contributed by atoms with Gasteiger partial charge in [0, 0.05) is 5.52 Å². The Morgan fingerprint density at radius 2 is 1.83 bits per heavy atom. The highest BCUT2D eigenvalue weighted by molar-refractivity contribution is 5.79. The SMILES string of the molecule is Cc1ccc2[nH]c(=O)c([C@@H](c3nnnn3C3CCCCC3)[NH+]3CCCCC3)cc2c1. The Morgan fingerprint density at radius 1 is 1.07 bits per heavy atom. The monoisotopic (exact) mass is 407 g/mol. The summed E-state index contributed by atoms with van der Waals surface area (Å²) in [5.74, 6) is 0.858. The highest BCUT2D eigenvalue weighted by Crippen LogP contribution is 2.30. The molecule has 3 aromatic rings. The maximum absolute atomic E-state index is 13.2. The van der Waals surface area contributed by atoms with E-state index in [9.17, 15) is 4.79 Å². The number of aromatic nitrogens is 5. The molecule has 1 aliphatic heterocycles. The summed E-state index contributed by atoms with van der Waals surface area (Å²) < 4.78 is 2.05. The molecular weight excluding hydrogens is 376 g/mol. The van der Waals surface area contributed by atoms with Crippen LogP contribution in [0.4, 0.5) is 0 Å². The Morgan fingerprint density at radius 3 is 2.63 bits per heavy atom. The van der Waals surface area contributed by atoms with Gasteiger partial charge in [-0.25, -0.2) is 4.68 Å². The summed E-state index contributed by atoms with van der Waals surface area (Å²) in [6.07, 6.45) is 9.60. The van der Waals surface area contributed by atoms with Gasteiger partial charge in [0.25, 0.3) is 5.56 Å². The Hall–Kier alpha value is -2.54. The van der Waals surface area contributed by atoms with Crippen molar-refractivity contribution in [1.29, 1.82) is 0 Å². The normalized spacial score (nSPS) is 19.9. The molecule has 0 amide bonds. The minimum atomic E-state index is -0.129. The van der Waals surface area contributed by atoms with Gasteiger partial charge in [0.1, 0.15) is 0 Å². The Bertz CT molecular complexity index is 1070. The smallest absolute Gasteiger partial charge is 0.258 e. The lowest BCUT2D eigenvalue weighted by atomic mass is 9.94. The molecule has 158 valence electrons. The molecule has 0 spiro atoms. The molecule has 1 saturated carbocycles. The van der Waals surface area contributed by atoms with Crippen molar-refractivity contribution in [3.8, 4) is 0 Å². The standard InChI is InChI=1S/C23H30N6O/c1-16-10-11-20-17(14-16)15-19(23(30)24-20)21(28-12-6-3-7-13-28)22-25-26-27-29(22)18-8-4-2-5-9-18/h10-11,14-15,18,21H,2-9,12-13H2,1H3,(H,24,30)/p+1/t21-/m0/s1. The highest BCUT2D eigenvalue weighted by atomic mass is 16.1. The van der Waals surface area contributed by atoms with E-state index >= 15 is 0 Å². The molecule has 30 heavy (non-hydrogen) atoms. The molecule has 1 aromatic carbocycles. The third-order valence-corrected chi connectivity index (χ3v) is 6.94. The average molecular weight is 408 g/mol. The molecule has 0 radical (unpaired) electrons. The van der Waals surface area contributed by atoms with Crippen LogP contribution in [0.2, 0.25) is 0 Å². The number of benzene rings is 1. The van der Waals surface area contributed by atoms with Crippen LogP contribution >= 0.6 is 0 Å². The molecule has 2 aromatic heterocycles. The van der Waals surface area contributed by atoms with Crippen LogP contribution in [0, 0.1) is 6.92 Å². The Labute approximate surface area is 176 Å². The van der Waals surface area contributed by atoms with Crippen molar-refractivity contribution in [3.05, 3.63) is 51.6 Å². The second-order valence-electron chi connectivity index (χ2n) is 9.07. The minimum Gasteiger partial charge on any atom is -0.322 e. The van der Waals surface area contributed by atoms with Crippen LogP contribution in [0.3, 0.4) is 0 Å². The van der Waals surface area contributed by atoms with Crippen LogP contribution in [-0.4, -0.2) is 38.3 Å². The van der Waals surface area contributed by atoms with Gasteiger partial charge >= 0.3 is 0 Å². The first-order valence-corrected chi connectivity index (χ1v) is 11.5. The van der Waals surface area contributed by atoms with E-state index in [4.69, 9.17) is 0 Å². The number of pyridine rings is 1. The van der Waals surface area contributed by atoms with Crippen LogP contribution in [0.5, 0.6) is 0 Å². The molecule has 3 heterocycles. The molecule has 2 aliphatic rings. The summed E-state index contributed by atoms with van der Waals surface area (Å²) in [7, 11) is 0. The zero-order valence-corrected chi connectivity index (χ0v) is 17.7. The molecule has 1 saturated heterocycles. The second-order valence-corrected chi connectivity index (χ2v) is 9.07. The molecule has 2 N–H and O–H groups in total. The average Bonchev–Trinajstić information content (AvgIpc) is 3.25. The number of H-pyrrole nitrogens is 1. The van der Waals surface area contributed by atoms with Crippen molar-refractivity contribution >= 4 is 10.9 Å². The van der Waals surface area contributed by atoms with E-state index in [1.165, 1.54) is 49.0 Å². The summed E-state index contributed by atoms with van der Waals surface area (Å²) >= 11 is 0. The summed E-state index contributed by atoms with van der Waals surface area (Å²) in [4.78, 5) is 17.8. The van der Waals surface area contributed by atoms with Gasteiger partial charge in [0.15, 0.2) is 6.04 Å². The van der Waals surface area contributed by atoms with Crippen LogP contribution in [0.25, 0.3) is 10.9 Å². The lowest BCUT2D eigenvalue weighted by Crippen LogP contribution is -3.13. The van der Waals surface area contributed by atoms with Crippen molar-refractivity contribution in [2.75, 3.05) is 13.1 Å². The molecule has 7 nitrogen and oxygen atoms in total. The van der Waals surface area contributed by atoms with Gasteiger partial charge in [-0.1, -0.05) is 30.9 Å². The van der Waals surface area contributed by atoms with Gasteiger partial charge in [-0.15, -0.1) is 5.10 Å². The van der Waals surface area contributed by atoms with Crippen LogP contribution in [-0.2, 0) is 0 Å². The van der Waals surface area contributed by atoms with Crippen molar-refractivity contribution < 1.29 is 4.90 Å². The topological polar surface area (TPSA) is 80.9 Å². The fraction of sp³-hybridized carbons (Fsp3) is 0.565. The molecule has 2 fully saturated rings. The fourth-order valence-corrected chi connectivity index (χ4v) is 5.37. The van der Waals surface area contributed by atoms with E-state index in [2.05, 4.69) is 39.6 Å². The van der Waals surface area contributed by atoms with Crippen molar-refractivity contribution in [1.82, 2.24) is 25.2 Å². The van der Waals surface area contributed by atoms with Gasteiger partial charge in [-0.3, -0.25) is 4.79 Å². The maximum atomic E-state index is 13.2. The lowest BCUT2D eigenvalue weighted by molar-refractivity contribution is -0.931. The van der Waals surface area contributed by atoms with Gasteiger partial charge in [-0.2, -0.15) is 0 Å². The molecule has 1 atom stereocenters. The second kappa shape index (κ2) is 8.30. The van der Waals surface area contributed by atoms with Crippen LogP contribution < -0.4 is 10.5 Å². The predicted molar refractivity (Wildman–Crippen MR) is 116 cm³/mol. The van der Waals surface area contributed by atoms with Gasteiger partial charge in [0.05, 0.1) is 24.7 Å². The fourth-order valence-electron chi connectivity index (χ4n) is 5.37. The van der Waals surface area contributed by atoms with E-state index in [0.717, 1.165) is 48.2 Å². The van der Waals surface area contributed by atoms with Crippen LogP contribution in [0.15, 0.2) is 29.1 Å². The van der Waals surface area contributed by atoms with Gasteiger partial charge in [0.2, 0.25) is 5.82 Å². The number of quaternary nitrogens is 1. The van der Waals surface area contributed by atoms with E-state index < -0.39 is 0 Å². The number of piperidine rings is 1. The van der Waals surface area contributed by atoms with Crippen LogP contribution in [0.1, 0.15) is 80.4 Å². The zero-order chi connectivity index (χ0) is 20.5. The largest absolute Gasteiger partial charge is 0.322 e. The summed E-state index contributed by atoms with van der Waals surface area (Å²) in [5.41, 5.74) is 2.84. The molecular formula is C23H31N6O+. The van der Waals surface area contributed by atoms with Crippen molar-refractivity contribution in [2.45, 2.75) is 70.4 Å².